The second kappa shape index (κ2) is 4.70. The molecule has 2 aromatic rings. The lowest BCUT2D eigenvalue weighted by molar-refractivity contribution is 0.102. The summed E-state index contributed by atoms with van der Waals surface area (Å²) < 4.78 is 12.9. The molecule has 0 fully saturated rings. The number of phenols is 1. The summed E-state index contributed by atoms with van der Waals surface area (Å²) >= 11 is 0. The molecule has 0 saturated carbocycles. The van der Waals surface area contributed by atoms with Gasteiger partial charge in [0.1, 0.15) is 11.6 Å². The summed E-state index contributed by atoms with van der Waals surface area (Å²) in [7, 11) is 0. The van der Waals surface area contributed by atoms with Crippen molar-refractivity contribution >= 4 is 17.3 Å². The molecule has 0 aliphatic rings. The van der Waals surface area contributed by atoms with Gasteiger partial charge in [0.25, 0.3) is 5.91 Å². The maximum Gasteiger partial charge on any atom is 0.255 e. The molecule has 5 nitrogen and oxygen atoms in total. The van der Waals surface area contributed by atoms with Gasteiger partial charge in [0.2, 0.25) is 0 Å². The minimum Gasteiger partial charge on any atom is -0.506 e. The maximum atomic E-state index is 12.9. The average molecular weight is 247 g/mol. The van der Waals surface area contributed by atoms with E-state index in [9.17, 15) is 14.3 Å². The standard InChI is InChI=1S/C12H10FN3O2/c13-8-4-9(6-15-5-8)16-12(18)7-1-2-10(14)11(17)3-7/h1-6,17H,14H2,(H,16,18). The highest BCUT2D eigenvalue weighted by Crippen LogP contribution is 2.21. The van der Waals surface area contributed by atoms with Crippen LogP contribution >= 0.6 is 0 Å². The lowest BCUT2D eigenvalue weighted by atomic mass is 10.2. The average Bonchev–Trinajstić information content (AvgIpc) is 2.32. The van der Waals surface area contributed by atoms with E-state index in [1.165, 1.54) is 24.4 Å². The SMILES string of the molecule is Nc1ccc(C(=O)Nc2cncc(F)c2)cc1O. The number of phenolic OH excluding ortho intramolecular Hbond substituents is 1. The summed E-state index contributed by atoms with van der Waals surface area (Å²) in [5, 5.41) is 11.8. The third-order valence-corrected chi connectivity index (χ3v) is 2.26. The molecule has 0 radical (unpaired) electrons. The van der Waals surface area contributed by atoms with Crippen LogP contribution in [0.25, 0.3) is 0 Å². The first kappa shape index (κ1) is 11.8. The summed E-state index contributed by atoms with van der Waals surface area (Å²) in [5.41, 5.74) is 6.05. The number of hydrogen-bond donors (Lipinski definition) is 3. The third kappa shape index (κ3) is 2.54. The first-order valence-electron chi connectivity index (χ1n) is 5.06. The summed E-state index contributed by atoms with van der Waals surface area (Å²) in [6.45, 7) is 0. The molecule has 0 unspecified atom stereocenters. The van der Waals surface area contributed by atoms with Crippen molar-refractivity contribution < 1.29 is 14.3 Å². The smallest absolute Gasteiger partial charge is 0.255 e. The zero-order valence-corrected chi connectivity index (χ0v) is 9.22. The largest absolute Gasteiger partial charge is 0.506 e. The molecule has 0 bridgehead atoms. The van der Waals surface area contributed by atoms with Crippen LogP contribution in [0.5, 0.6) is 5.75 Å². The lowest BCUT2D eigenvalue weighted by Gasteiger charge is -2.06. The van der Waals surface area contributed by atoms with Gasteiger partial charge in [-0.15, -0.1) is 0 Å². The van der Waals surface area contributed by atoms with Crippen LogP contribution < -0.4 is 11.1 Å². The normalized spacial score (nSPS) is 10.1. The number of amides is 1. The number of pyridine rings is 1. The Labute approximate surface area is 102 Å². The second-order valence-electron chi connectivity index (χ2n) is 3.62. The zero-order chi connectivity index (χ0) is 13.1. The Morgan fingerprint density at radius 1 is 1.33 bits per heavy atom. The van der Waals surface area contributed by atoms with E-state index < -0.39 is 11.7 Å². The van der Waals surface area contributed by atoms with E-state index in [1.54, 1.807) is 0 Å². The van der Waals surface area contributed by atoms with Gasteiger partial charge in [0, 0.05) is 11.6 Å². The number of anilines is 2. The predicted molar refractivity (Wildman–Crippen MR) is 64.7 cm³/mol. The van der Waals surface area contributed by atoms with Gasteiger partial charge in [0.15, 0.2) is 0 Å². The zero-order valence-electron chi connectivity index (χ0n) is 9.22. The summed E-state index contributed by atoms with van der Waals surface area (Å²) in [6, 6.07) is 5.24. The molecule has 1 heterocycles. The quantitative estimate of drug-likeness (QED) is 0.557. The van der Waals surface area contributed by atoms with Crippen molar-refractivity contribution in [1.29, 1.82) is 0 Å². The van der Waals surface area contributed by atoms with Crippen molar-refractivity contribution in [3.63, 3.8) is 0 Å². The van der Waals surface area contributed by atoms with Crippen LogP contribution in [-0.2, 0) is 0 Å². The van der Waals surface area contributed by atoms with Crippen molar-refractivity contribution in [3.8, 4) is 5.75 Å². The third-order valence-electron chi connectivity index (χ3n) is 2.26. The van der Waals surface area contributed by atoms with E-state index in [2.05, 4.69) is 10.3 Å². The van der Waals surface area contributed by atoms with E-state index in [-0.39, 0.29) is 22.7 Å². The fourth-order valence-electron chi connectivity index (χ4n) is 1.37. The number of carbonyl (C=O) groups is 1. The molecular weight excluding hydrogens is 237 g/mol. The Morgan fingerprint density at radius 2 is 2.11 bits per heavy atom. The Kier molecular flexibility index (Phi) is 3.09. The van der Waals surface area contributed by atoms with Crippen molar-refractivity contribution in [2.24, 2.45) is 0 Å². The number of nitrogens with zero attached hydrogens (tertiary/aromatic N) is 1. The van der Waals surface area contributed by atoms with Gasteiger partial charge >= 0.3 is 0 Å². The van der Waals surface area contributed by atoms with Gasteiger partial charge in [-0.2, -0.15) is 0 Å². The second-order valence-corrected chi connectivity index (χ2v) is 3.62. The predicted octanol–water partition coefficient (Wildman–Crippen LogP) is 1.76. The fraction of sp³-hybridized carbons (Fsp3) is 0. The molecule has 0 saturated heterocycles. The highest BCUT2D eigenvalue weighted by molar-refractivity contribution is 6.04. The van der Waals surface area contributed by atoms with Crippen molar-refractivity contribution in [2.75, 3.05) is 11.1 Å². The van der Waals surface area contributed by atoms with Gasteiger partial charge in [-0.05, 0) is 18.2 Å². The number of nitrogens with two attached hydrogens (primary N) is 1. The molecule has 1 aromatic heterocycles. The highest BCUT2D eigenvalue weighted by Gasteiger charge is 2.08. The Morgan fingerprint density at radius 3 is 2.78 bits per heavy atom. The molecule has 6 heteroatoms. The number of nitrogens with one attached hydrogen (secondary N) is 1. The number of halogens is 1. The molecule has 1 aromatic carbocycles. The molecule has 0 aliphatic heterocycles. The monoisotopic (exact) mass is 247 g/mol. The van der Waals surface area contributed by atoms with Crippen LogP contribution in [0.15, 0.2) is 36.7 Å². The lowest BCUT2D eigenvalue weighted by Crippen LogP contribution is -2.12. The van der Waals surface area contributed by atoms with Gasteiger partial charge in [-0.1, -0.05) is 0 Å². The van der Waals surface area contributed by atoms with E-state index in [0.717, 1.165) is 12.3 Å². The maximum absolute atomic E-state index is 12.9. The summed E-state index contributed by atoms with van der Waals surface area (Å²) in [4.78, 5) is 15.4. The number of aromatic nitrogens is 1. The number of aromatic hydroxyl groups is 1. The Balaban J connectivity index is 2.19. The van der Waals surface area contributed by atoms with Crippen LogP contribution in [0.4, 0.5) is 15.8 Å². The molecule has 18 heavy (non-hydrogen) atoms. The van der Waals surface area contributed by atoms with Crippen LogP contribution in [0.2, 0.25) is 0 Å². The molecule has 0 aliphatic carbocycles. The molecule has 92 valence electrons. The van der Waals surface area contributed by atoms with E-state index in [0.29, 0.717) is 0 Å². The summed E-state index contributed by atoms with van der Waals surface area (Å²) in [6.07, 6.45) is 2.35. The van der Waals surface area contributed by atoms with Crippen LogP contribution in [0, 0.1) is 5.82 Å². The Bertz CT molecular complexity index is 602. The Hall–Kier alpha value is -2.63. The van der Waals surface area contributed by atoms with Crippen molar-refractivity contribution in [2.45, 2.75) is 0 Å². The molecule has 0 atom stereocenters. The van der Waals surface area contributed by atoms with E-state index in [4.69, 9.17) is 5.73 Å². The van der Waals surface area contributed by atoms with Gasteiger partial charge in [-0.3, -0.25) is 9.78 Å². The molecule has 1 amide bonds. The molecule has 2 rings (SSSR count). The fourth-order valence-corrected chi connectivity index (χ4v) is 1.37. The number of hydrogen-bond acceptors (Lipinski definition) is 4. The first-order chi connectivity index (χ1) is 8.56. The van der Waals surface area contributed by atoms with Gasteiger partial charge < -0.3 is 16.2 Å². The van der Waals surface area contributed by atoms with Crippen molar-refractivity contribution in [1.82, 2.24) is 4.98 Å². The summed E-state index contributed by atoms with van der Waals surface area (Å²) in [5.74, 6) is -1.22. The van der Waals surface area contributed by atoms with Crippen molar-refractivity contribution in [3.05, 3.63) is 48.0 Å². The minimum atomic E-state index is -0.548. The van der Waals surface area contributed by atoms with Crippen LogP contribution in [-0.4, -0.2) is 16.0 Å². The van der Waals surface area contributed by atoms with Crippen LogP contribution in [0.3, 0.4) is 0 Å². The first-order valence-corrected chi connectivity index (χ1v) is 5.06. The minimum absolute atomic E-state index is 0.180. The topological polar surface area (TPSA) is 88.2 Å². The number of benzene rings is 1. The highest BCUT2D eigenvalue weighted by atomic mass is 19.1. The number of carbonyl (C=O) groups excluding carboxylic acids is 1. The van der Waals surface area contributed by atoms with Gasteiger partial charge in [-0.25, -0.2) is 4.39 Å². The van der Waals surface area contributed by atoms with E-state index >= 15 is 0 Å². The molecule has 0 spiro atoms. The number of nitrogen functional groups attached to an aromatic ring is 1. The molecular formula is C12H10FN3O2. The van der Waals surface area contributed by atoms with Crippen LogP contribution in [0.1, 0.15) is 10.4 Å². The number of rotatable bonds is 2. The van der Waals surface area contributed by atoms with Gasteiger partial charge in [0.05, 0.1) is 23.8 Å². The molecule has 4 N–H and O–H groups in total. The van der Waals surface area contributed by atoms with E-state index in [1.807, 2.05) is 0 Å².